The molecule has 5 nitrogen and oxygen atoms in total. The first-order chi connectivity index (χ1) is 6.65. The Balaban J connectivity index is 2.56. The van der Waals surface area contributed by atoms with Crippen molar-refractivity contribution in [1.82, 2.24) is 15.1 Å². The van der Waals surface area contributed by atoms with Gasteiger partial charge in [0, 0.05) is 26.7 Å². The van der Waals surface area contributed by atoms with Gasteiger partial charge in [0.05, 0.1) is 0 Å². The van der Waals surface area contributed by atoms with Gasteiger partial charge < -0.3 is 15.1 Å². The molecule has 1 fully saturated rings. The normalized spacial score (nSPS) is 17.3. The molecule has 0 bridgehead atoms. The lowest BCUT2D eigenvalue weighted by Crippen LogP contribution is -2.44. The van der Waals surface area contributed by atoms with E-state index in [9.17, 15) is 9.59 Å². The van der Waals surface area contributed by atoms with Gasteiger partial charge in [-0.3, -0.25) is 4.79 Å². The van der Waals surface area contributed by atoms with Crippen LogP contribution in [0.2, 0.25) is 0 Å². The van der Waals surface area contributed by atoms with Gasteiger partial charge in [0.2, 0.25) is 5.91 Å². The number of nitrogens with one attached hydrogen (secondary N) is 1. The van der Waals surface area contributed by atoms with Gasteiger partial charge in [0.25, 0.3) is 0 Å². The van der Waals surface area contributed by atoms with Crippen LogP contribution in [0.4, 0.5) is 4.79 Å². The predicted molar refractivity (Wildman–Crippen MR) is 52.9 cm³/mol. The van der Waals surface area contributed by atoms with Gasteiger partial charge >= 0.3 is 6.03 Å². The highest BCUT2D eigenvalue weighted by atomic mass is 16.2. The Morgan fingerprint density at radius 2 is 2.36 bits per heavy atom. The van der Waals surface area contributed by atoms with Crippen molar-refractivity contribution in [3.8, 4) is 0 Å². The molecule has 5 heteroatoms. The number of carbonyl (C=O) groups is 2. The Kier molecular flexibility index (Phi) is 3.73. The Bertz CT molecular complexity index is 230. The molecule has 0 aromatic rings. The van der Waals surface area contributed by atoms with Crippen LogP contribution in [0.3, 0.4) is 0 Å². The van der Waals surface area contributed by atoms with Gasteiger partial charge in [-0.2, -0.15) is 0 Å². The molecule has 0 spiro atoms. The van der Waals surface area contributed by atoms with Crippen molar-refractivity contribution in [2.24, 2.45) is 0 Å². The number of rotatable bonds is 1. The first kappa shape index (κ1) is 10.8. The average molecular weight is 199 g/mol. The Labute approximate surface area is 84.0 Å². The van der Waals surface area contributed by atoms with Crippen molar-refractivity contribution in [2.75, 3.05) is 33.2 Å². The van der Waals surface area contributed by atoms with Gasteiger partial charge in [0.1, 0.15) is 6.54 Å². The molecule has 0 atom stereocenters. The quantitative estimate of drug-likeness (QED) is 0.640. The van der Waals surface area contributed by atoms with E-state index in [2.05, 4.69) is 5.32 Å². The van der Waals surface area contributed by atoms with E-state index in [0.717, 1.165) is 6.42 Å². The van der Waals surface area contributed by atoms with E-state index in [1.165, 1.54) is 0 Å². The topological polar surface area (TPSA) is 52.7 Å². The minimum absolute atomic E-state index is 0.0652. The van der Waals surface area contributed by atoms with E-state index in [1.807, 2.05) is 6.92 Å². The lowest BCUT2D eigenvalue weighted by molar-refractivity contribution is -0.121. The molecular formula is C9H17N3O2. The summed E-state index contributed by atoms with van der Waals surface area (Å²) in [5.41, 5.74) is 0. The number of carbonyl (C=O) groups excluding carboxylic acids is 2. The zero-order valence-electron chi connectivity index (χ0n) is 8.75. The number of nitrogens with zero attached hydrogens (tertiary/aromatic N) is 2. The molecule has 1 aliphatic rings. The van der Waals surface area contributed by atoms with Crippen LogP contribution in [0.15, 0.2) is 0 Å². The first-order valence-electron chi connectivity index (χ1n) is 4.92. The summed E-state index contributed by atoms with van der Waals surface area (Å²) in [5, 5.41) is 2.73. The van der Waals surface area contributed by atoms with Gasteiger partial charge in [0.15, 0.2) is 0 Å². The summed E-state index contributed by atoms with van der Waals surface area (Å²) in [6, 6.07) is -0.0652. The van der Waals surface area contributed by atoms with Gasteiger partial charge in [-0.25, -0.2) is 4.79 Å². The SMILES string of the molecule is CCN(C)C(=O)N1CCCNC(=O)C1. The molecule has 0 saturated carbocycles. The summed E-state index contributed by atoms with van der Waals surface area (Å²) >= 11 is 0. The molecular weight excluding hydrogens is 182 g/mol. The maximum Gasteiger partial charge on any atom is 0.320 e. The van der Waals surface area contributed by atoms with Crippen molar-refractivity contribution in [3.63, 3.8) is 0 Å². The maximum atomic E-state index is 11.7. The fourth-order valence-electron chi connectivity index (χ4n) is 1.35. The summed E-state index contributed by atoms with van der Waals surface area (Å²) in [5.74, 6) is -0.0691. The molecule has 0 aliphatic carbocycles. The summed E-state index contributed by atoms with van der Waals surface area (Å²) in [4.78, 5) is 26.1. The average Bonchev–Trinajstić information content (AvgIpc) is 2.40. The Morgan fingerprint density at radius 1 is 1.64 bits per heavy atom. The van der Waals surface area contributed by atoms with Crippen molar-refractivity contribution in [2.45, 2.75) is 13.3 Å². The second-order valence-corrected chi connectivity index (χ2v) is 3.42. The van der Waals surface area contributed by atoms with Crippen LogP contribution in [0.5, 0.6) is 0 Å². The zero-order valence-corrected chi connectivity index (χ0v) is 8.75. The molecule has 0 radical (unpaired) electrons. The largest absolute Gasteiger partial charge is 0.354 e. The van der Waals surface area contributed by atoms with Gasteiger partial charge in [-0.1, -0.05) is 0 Å². The monoisotopic (exact) mass is 199 g/mol. The summed E-state index contributed by atoms with van der Waals surface area (Å²) in [6.07, 6.45) is 0.828. The minimum Gasteiger partial charge on any atom is -0.354 e. The summed E-state index contributed by atoms with van der Waals surface area (Å²) < 4.78 is 0. The molecule has 1 N–H and O–H groups in total. The van der Waals surface area contributed by atoms with Crippen LogP contribution in [-0.2, 0) is 4.79 Å². The highest BCUT2D eigenvalue weighted by Gasteiger charge is 2.21. The molecule has 1 heterocycles. The third kappa shape index (κ3) is 2.61. The zero-order chi connectivity index (χ0) is 10.6. The lowest BCUT2D eigenvalue weighted by Gasteiger charge is -2.25. The van der Waals surface area contributed by atoms with Crippen LogP contribution in [0, 0.1) is 0 Å². The van der Waals surface area contributed by atoms with Crippen molar-refractivity contribution in [3.05, 3.63) is 0 Å². The van der Waals surface area contributed by atoms with Crippen LogP contribution in [-0.4, -0.2) is 55.0 Å². The van der Waals surface area contributed by atoms with E-state index >= 15 is 0 Å². The highest BCUT2D eigenvalue weighted by Crippen LogP contribution is 2.00. The molecule has 1 aliphatic heterocycles. The van der Waals surface area contributed by atoms with E-state index < -0.39 is 0 Å². The van der Waals surface area contributed by atoms with Crippen molar-refractivity contribution in [1.29, 1.82) is 0 Å². The Morgan fingerprint density at radius 3 is 3.00 bits per heavy atom. The van der Waals surface area contributed by atoms with E-state index in [-0.39, 0.29) is 18.5 Å². The Hall–Kier alpha value is -1.26. The first-order valence-corrected chi connectivity index (χ1v) is 4.92. The van der Waals surface area contributed by atoms with Crippen molar-refractivity contribution >= 4 is 11.9 Å². The highest BCUT2D eigenvalue weighted by molar-refractivity contribution is 5.84. The molecule has 0 aromatic heterocycles. The fourth-order valence-corrected chi connectivity index (χ4v) is 1.35. The molecule has 0 unspecified atom stereocenters. The predicted octanol–water partition coefficient (Wildman–Crippen LogP) is -0.120. The molecule has 80 valence electrons. The molecule has 3 amide bonds. The molecule has 1 saturated heterocycles. The van der Waals surface area contributed by atoms with E-state index in [0.29, 0.717) is 19.6 Å². The third-order valence-corrected chi connectivity index (χ3v) is 2.33. The second-order valence-electron chi connectivity index (χ2n) is 3.42. The van der Waals surface area contributed by atoms with E-state index in [4.69, 9.17) is 0 Å². The third-order valence-electron chi connectivity index (χ3n) is 2.33. The van der Waals surface area contributed by atoms with E-state index in [1.54, 1.807) is 16.8 Å². The van der Waals surface area contributed by atoms with Crippen LogP contribution in [0.1, 0.15) is 13.3 Å². The number of urea groups is 1. The smallest absolute Gasteiger partial charge is 0.320 e. The van der Waals surface area contributed by atoms with Crippen LogP contribution in [0.25, 0.3) is 0 Å². The van der Waals surface area contributed by atoms with Gasteiger partial charge in [-0.05, 0) is 13.3 Å². The molecule has 14 heavy (non-hydrogen) atoms. The summed E-state index contributed by atoms with van der Waals surface area (Å²) in [6.45, 7) is 4.08. The molecule has 0 aromatic carbocycles. The maximum absolute atomic E-state index is 11.7. The van der Waals surface area contributed by atoms with Crippen molar-refractivity contribution < 1.29 is 9.59 Å². The van der Waals surface area contributed by atoms with Gasteiger partial charge in [-0.15, -0.1) is 0 Å². The number of hydrogen-bond donors (Lipinski definition) is 1. The fraction of sp³-hybridized carbons (Fsp3) is 0.778. The van der Waals surface area contributed by atoms with Crippen LogP contribution >= 0.6 is 0 Å². The second kappa shape index (κ2) is 4.83. The number of hydrogen-bond acceptors (Lipinski definition) is 2. The minimum atomic E-state index is -0.0691. The lowest BCUT2D eigenvalue weighted by atomic mass is 10.4. The standard InChI is InChI=1S/C9H17N3O2/c1-3-11(2)9(14)12-6-4-5-10-8(13)7-12/h3-7H2,1-2H3,(H,10,13). The molecule has 1 rings (SSSR count). The summed E-state index contributed by atoms with van der Waals surface area (Å²) in [7, 11) is 1.74. The van der Waals surface area contributed by atoms with Crippen LogP contribution < -0.4 is 5.32 Å². The number of amides is 3.